The first kappa shape index (κ1) is 12.9. The Labute approximate surface area is 99.8 Å². The molecule has 0 aliphatic carbocycles. The summed E-state index contributed by atoms with van der Waals surface area (Å²) < 4.78 is 0. The van der Waals surface area contributed by atoms with Crippen molar-refractivity contribution in [2.24, 2.45) is 0 Å². The van der Waals surface area contributed by atoms with Crippen LogP contribution in [0.3, 0.4) is 0 Å². The van der Waals surface area contributed by atoms with E-state index in [1.54, 1.807) is 26.0 Å². The molecule has 1 N–H and O–H groups in total. The summed E-state index contributed by atoms with van der Waals surface area (Å²) in [4.78, 5) is 10.4. The maximum absolute atomic E-state index is 10.7. The summed E-state index contributed by atoms with van der Waals surface area (Å²) in [6, 6.07) is 7.40. The molecule has 0 unspecified atom stereocenters. The van der Waals surface area contributed by atoms with Gasteiger partial charge in [0, 0.05) is 30.3 Å². The van der Waals surface area contributed by atoms with Crippen LogP contribution in [-0.4, -0.2) is 17.0 Å². The molecule has 0 amide bonds. The zero-order valence-corrected chi connectivity index (χ0v) is 10.1. The van der Waals surface area contributed by atoms with Crippen LogP contribution in [0.1, 0.15) is 19.4 Å². The highest BCUT2D eigenvalue weighted by Crippen LogP contribution is 2.10. The van der Waals surface area contributed by atoms with Gasteiger partial charge in [-0.05, 0) is 17.7 Å². The molecule has 88 valence electrons. The number of nitrogens with zero attached hydrogens (tertiary/aromatic N) is 1. The van der Waals surface area contributed by atoms with Gasteiger partial charge in [-0.25, -0.2) is 0 Å². The summed E-state index contributed by atoms with van der Waals surface area (Å²) in [6.07, 6.45) is 0. The highest BCUT2D eigenvalue weighted by molar-refractivity contribution is 6.30. The van der Waals surface area contributed by atoms with Crippen molar-refractivity contribution in [3.05, 3.63) is 45.0 Å². The zero-order valence-electron chi connectivity index (χ0n) is 9.37. The quantitative estimate of drug-likeness (QED) is 0.638. The van der Waals surface area contributed by atoms with Gasteiger partial charge in [-0.15, -0.1) is 0 Å². The molecule has 0 aliphatic rings. The van der Waals surface area contributed by atoms with E-state index in [1.807, 2.05) is 12.1 Å². The van der Waals surface area contributed by atoms with E-state index < -0.39 is 5.54 Å². The fourth-order valence-corrected chi connectivity index (χ4v) is 1.31. The third-order valence-corrected chi connectivity index (χ3v) is 2.55. The molecule has 0 saturated carbocycles. The van der Waals surface area contributed by atoms with Crippen molar-refractivity contribution < 1.29 is 4.92 Å². The molecule has 0 radical (unpaired) electrons. The van der Waals surface area contributed by atoms with E-state index in [2.05, 4.69) is 5.32 Å². The van der Waals surface area contributed by atoms with Gasteiger partial charge in [-0.1, -0.05) is 23.7 Å². The zero-order chi connectivity index (χ0) is 12.2. The van der Waals surface area contributed by atoms with E-state index in [4.69, 9.17) is 11.6 Å². The maximum Gasteiger partial charge on any atom is 0.229 e. The summed E-state index contributed by atoms with van der Waals surface area (Å²) in [5.41, 5.74) is 0.121. The minimum atomic E-state index is -0.938. The number of rotatable bonds is 5. The highest BCUT2D eigenvalue weighted by Gasteiger charge is 2.29. The Kier molecular flexibility index (Phi) is 4.26. The van der Waals surface area contributed by atoms with Crippen LogP contribution in [0.4, 0.5) is 0 Å². The Morgan fingerprint density at radius 3 is 2.44 bits per heavy atom. The SMILES string of the molecule is CC(C)(CNCc1ccc(Cl)cc1)[N+](=O)[O-]. The number of nitro groups is 1. The van der Waals surface area contributed by atoms with Crippen LogP contribution in [0.5, 0.6) is 0 Å². The van der Waals surface area contributed by atoms with Crippen LogP contribution in [0.25, 0.3) is 0 Å². The van der Waals surface area contributed by atoms with Crippen molar-refractivity contribution in [3.8, 4) is 0 Å². The second-order valence-corrected chi connectivity index (χ2v) is 4.74. The topological polar surface area (TPSA) is 55.2 Å². The van der Waals surface area contributed by atoms with Crippen molar-refractivity contribution >= 4 is 11.6 Å². The minimum Gasteiger partial charge on any atom is -0.306 e. The molecule has 0 fully saturated rings. The molecule has 0 aliphatic heterocycles. The lowest BCUT2D eigenvalue weighted by Gasteiger charge is -2.16. The molecule has 4 nitrogen and oxygen atoms in total. The van der Waals surface area contributed by atoms with E-state index in [1.165, 1.54) is 0 Å². The molecule has 16 heavy (non-hydrogen) atoms. The van der Waals surface area contributed by atoms with Crippen LogP contribution >= 0.6 is 11.6 Å². The lowest BCUT2D eigenvalue weighted by atomic mass is 10.1. The molecule has 0 spiro atoms. The molecule has 0 saturated heterocycles. The average Bonchev–Trinajstić information content (AvgIpc) is 2.20. The van der Waals surface area contributed by atoms with Gasteiger partial charge >= 0.3 is 0 Å². The summed E-state index contributed by atoms with van der Waals surface area (Å²) in [6.45, 7) is 4.14. The van der Waals surface area contributed by atoms with Gasteiger partial charge in [0.05, 0.1) is 6.54 Å². The van der Waals surface area contributed by atoms with E-state index in [9.17, 15) is 10.1 Å². The number of hydrogen-bond donors (Lipinski definition) is 1. The first-order chi connectivity index (χ1) is 7.42. The molecular weight excluding hydrogens is 228 g/mol. The highest BCUT2D eigenvalue weighted by atomic mass is 35.5. The molecule has 1 aromatic carbocycles. The van der Waals surface area contributed by atoms with Gasteiger partial charge in [0.15, 0.2) is 0 Å². The standard InChI is InChI=1S/C11H15ClN2O2/c1-11(2,14(15)16)8-13-7-9-3-5-10(12)6-4-9/h3-6,13H,7-8H2,1-2H3. The summed E-state index contributed by atoms with van der Waals surface area (Å²) in [7, 11) is 0. The smallest absolute Gasteiger partial charge is 0.229 e. The van der Waals surface area contributed by atoms with Crippen molar-refractivity contribution in [1.29, 1.82) is 0 Å². The summed E-state index contributed by atoms with van der Waals surface area (Å²) >= 11 is 5.75. The Bertz CT molecular complexity index is 363. The largest absolute Gasteiger partial charge is 0.306 e. The molecule has 1 rings (SSSR count). The minimum absolute atomic E-state index is 0.276. The monoisotopic (exact) mass is 242 g/mol. The predicted molar refractivity (Wildman–Crippen MR) is 64.2 cm³/mol. The molecule has 0 bridgehead atoms. The second kappa shape index (κ2) is 5.27. The van der Waals surface area contributed by atoms with Crippen LogP contribution in [0, 0.1) is 10.1 Å². The number of nitrogens with one attached hydrogen (secondary N) is 1. The van der Waals surface area contributed by atoms with Gasteiger partial charge in [0.25, 0.3) is 0 Å². The third-order valence-electron chi connectivity index (χ3n) is 2.29. The first-order valence-electron chi connectivity index (χ1n) is 5.01. The Hall–Kier alpha value is -1.13. The van der Waals surface area contributed by atoms with Gasteiger partial charge in [-0.2, -0.15) is 0 Å². The fourth-order valence-electron chi connectivity index (χ4n) is 1.18. The van der Waals surface area contributed by atoms with Crippen molar-refractivity contribution in [1.82, 2.24) is 5.32 Å². The van der Waals surface area contributed by atoms with Crippen molar-refractivity contribution in [2.75, 3.05) is 6.54 Å². The van der Waals surface area contributed by atoms with Gasteiger partial charge in [-0.3, -0.25) is 10.1 Å². The normalized spacial score (nSPS) is 11.4. The molecule has 0 heterocycles. The maximum atomic E-state index is 10.7. The van der Waals surface area contributed by atoms with Crippen LogP contribution in [0.2, 0.25) is 5.02 Å². The number of hydrogen-bond acceptors (Lipinski definition) is 3. The Morgan fingerprint density at radius 1 is 1.38 bits per heavy atom. The molecule has 5 heteroatoms. The summed E-state index contributed by atoms with van der Waals surface area (Å²) in [5, 5.41) is 14.4. The number of benzene rings is 1. The van der Waals surface area contributed by atoms with Crippen molar-refractivity contribution in [2.45, 2.75) is 25.9 Å². The Balaban J connectivity index is 2.41. The lowest BCUT2D eigenvalue weighted by Crippen LogP contribution is -2.41. The lowest BCUT2D eigenvalue weighted by molar-refractivity contribution is -0.558. The van der Waals surface area contributed by atoms with Gasteiger partial charge in [0.1, 0.15) is 0 Å². The van der Waals surface area contributed by atoms with E-state index in [0.717, 1.165) is 5.56 Å². The van der Waals surface area contributed by atoms with Gasteiger partial charge < -0.3 is 5.32 Å². The molecule has 0 aromatic heterocycles. The van der Waals surface area contributed by atoms with Crippen LogP contribution in [0.15, 0.2) is 24.3 Å². The third kappa shape index (κ3) is 3.79. The average molecular weight is 243 g/mol. The first-order valence-corrected chi connectivity index (χ1v) is 5.39. The van der Waals surface area contributed by atoms with Gasteiger partial charge in [0.2, 0.25) is 5.54 Å². The van der Waals surface area contributed by atoms with Crippen LogP contribution < -0.4 is 5.32 Å². The fraction of sp³-hybridized carbons (Fsp3) is 0.455. The second-order valence-electron chi connectivity index (χ2n) is 4.30. The molecular formula is C11H15ClN2O2. The predicted octanol–water partition coefficient (Wildman–Crippen LogP) is 2.48. The molecule has 0 atom stereocenters. The number of halogens is 1. The molecule has 1 aromatic rings. The van der Waals surface area contributed by atoms with Crippen molar-refractivity contribution in [3.63, 3.8) is 0 Å². The van der Waals surface area contributed by atoms with E-state index >= 15 is 0 Å². The Morgan fingerprint density at radius 2 is 1.94 bits per heavy atom. The summed E-state index contributed by atoms with van der Waals surface area (Å²) in [5.74, 6) is 0. The van der Waals surface area contributed by atoms with E-state index in [-0.39, 0.29) is 4.92 Å². The van der Waals surface area contributed by atoms with E-state index in [0.29, 0.717) is 18.1 Å². The van der Waals surface area contributed by atoms with Crippen LogP contribution in [-0.2, 0) is 6.54 Å².